The number of nitrogens with zero attached hydrogens (tertiary/aromatic N) is 7. The molecule has 0 saturated heterocycles. The Bertz CT molecular complexity index is 1590. The number of aromatic amines is 1. The summed E-state index contributed by atoms with van der Waals surface area (Å²) in [4.78, 5) is 49.7. The molecule has 0 bridgehead atoms. The van der Waals surface area contributed by atoms with Crippen LogP contribution in [0.3, 0.4) is 0 Å². The van der Waals surface area contributed by atoms with E-state index in [-0.39, 0.29) is 133 Å². The molecule has 2 saturated carbocycles. The van der Waals surface area contributed by atoms with E-state index in [4.69, 9.17) is 55.7 Å². The van der Waals surface area contributed by atoms with E-state index >= 15 is 0 Å². The van der Waals surface area contributed by atoms with Crippen LogP contribution in [0.2, 0.25) is 15.7 Å². The first-order chi connectivity index (χ1) is 23.1. The number of H-pyrrole nitrogens is 1. The zero-order valence-corrected chi connectivity index (χ0v) is 35.7. The fraction of sp³-hybridized carbons (Fsp3) is 0.393. The number of halogens is 4. The number of ether oxygens (including phenoxy) is 2. The standard InChI is InChI=1S/C13H13ClN4O2.C9H12N2O2.C4H2Cl2N2.CH3F.CH2O3.2K.H/c1-2-20-12(19)9-7-18(17-11(9)8-3-4-8)10-5-6-15-13(14)16-10;1-2-13-9(12)7-5-10-11-8(7)6-3-4-6;5-3-1-2-7-4(6)8-3;1-2;2-1-4-3;;;/h5-8H,2-4H2,1H3;5-6H,2-4H2,1H3,(H,10,11);1-2H;1H3;1,3H;;;/q;;;;;2*+1;-1/p-1/i;;;1D;;;;. The summed E-state index contributed by atoms with van der Waals surface area (Å²) in [5.41, 5.74) is 2.82. The van der Waals surface area contributed by atoms with Crippen LogP contribution >= 0.6 is 34.8 Å². The van der Waals surface area contributed by atoms with E-state index in [0.717, 1.165) is 37.1 Å². The van der Waals surface area contributed by atoms with Crippen molar-refractivity contribution in [3.05, 3.63) is 75.2 Å². The van der Waals surface area contributed by atoms with Gasteiger partial charge in [-0.25, -0.2) is 29.2 Å². The molecule has 15 nitrogen and oxygen atoms in total. The molecule has 2 fully saturated rings. The Morgan fingerprint density at radius 1 is 1.02 bits per heavy atom. The molecule has 21 heteroatoms. The zero-order chi connectivity index (χ0) is 35.5. The Labute approximate surface area is 384 Å². The van der Waals surface area contributed by atoms with E-state index < -0.39 is 7.15 Å². The molecule has 6 rings (SSSR count). The number of carbonyl (C=O) groups excluding carboxylic acids is 3. The van der Waals surface area contributed by atoms with Gasteiger partial charge in [-0.2, -0.15) is 15.2 Å². The number of rotatable bonds is 8. The van der Waals surface area contributed by atoms with Crippen LogP contribution in [0, 0.1) is 0 Å². The fourth-order valence-corrected chi connectivity index (χ4v) is 4.12. The van der Waals surface area contributed by atoms with Crippen molar-refractivity contribution in [2.45, 2.75) is 51.4 Å². The van der Waals surface area contributed by atoms with Gasteiger partial charge >= 0.3 is 115 Å². The first-order valence-corrected chi connectivity index (χ1v) is 14.9. The molecule has 0 unspecified atom stereocenters. The van der Waals surface area contributed by atoms with Crippen LogP contribution in [0.5, 0.6) is 0 Å². The number of alkyl halides is 1. The van der Waals surface area contributed by atoms with Crippen LogP contribution in [0.4, 0.5) is 4.39 Å². The Balaban J connectivity index is 0. The second kappa shape index (κ2) is 26.7. The monoisotopic (exact) mass is 795 g/mol. The third kappa shape index (κ3) is 17.4. The van der Waals surface area contributed by atoms with E-state index in [0.29, 0.717) is 47.1 Å². The van der Waals surface area contributed by atoms with Crippen molar-refractivity contribution in [3.8, 4) is 5.82 Å². The Morgan fingerprint density at radius 3 is 2.00 bits per heavy atom. The topological polar surface area (TPSA) is 200 Å². The van der Waals surface area contributed by atoms with E-state index in [1.165, 1.54) is 6.20 Å². The normalized spacial score (nSPS) is 12.3. The average Bonchev–Trinajstić information content (AvgIpc) is 4.00. The number of nitrogens with one attached hydrogen (secondary N) is 1. The maximum absolute atomic E-state index is 12.0. The minimum atomic E-state index is -1.00. The van der Waals surface area contributed by atoms with Gasteiger partial charge in [0.2, 0.25) is 10.6 Å². The van der Waals surface area contributed by atoms with Crippen molar-refractivity contribution in [1.29, 1.82) is 0 Å². The van der Waals surface area contributed by atoms with Gasteiger partial charge < -0.3 is 21.0 Å². The maximum atomic E-state index is 12.0. The molecule has 0 atom stereocenters. The van der Waals surface area contributed by atoms with Gasteiger partial charge in [0.15, 0.2) is 5.82 Å². The van der Waals surface area contributed by atoms with Gasteiger partial charge in [0, 0.05) is 36.5 Å². The van der Waals surface area contributed by atoms with Crippen LogP contribution < -0.4 is 108 Å². The molecule has 0 aliphatic heterocycles. The minimum absolute atomic E-state index is 0. The Hall–Kier alpha value is -0.977. The summed E-state index contributed by atoms with van der Waals surface area (Å²) in [6.45, 7) is 4.15. The second-order valence-electron chi connectivity index (χ2n) is 9.08. The molecule has 0 aromatic carbocycles. The fourth-order valence-electron chi connectivity index (χ4n) is 3.65. The summed E-state index contributed by atoms with van der Waals surface area (Å²) >= 11 is 16.5. The summed E-state index contributed by atoms with van der Waals surface area (Å²) in [7, 11) is -1.00. The van der Waals surface area contributed by atoms with E-state index in [1.807, 2.05) is 0 Å². The Kier molecular flexibility index (Phi) is 25.1. The predicted octanol–water partition coefficient (Wildman–Crippen LogP) is -1.24. The van der Waals surface area contributed by atoms with Gasteiger partial charge in [0.05, 0.1) is 39.3 Å². The summed E-state index contributed by atoms with van der Waals surface area (Å²) in [6.07, 6.45) is 10.6. The summed E-state index contributed by atoms with van der Waals surface area (Å²) in [6, 6.07) is 3.25. The SMILES string of the molecule is CCOC(=O)c1cn(-c2ccnc(Cl)n2)nc1C1CC1.CCOC(=O)c1cn[nH]c1C1CC1.Clc1ccnc(Cl)n1.O=CO[O-].[2H]CF.[H-].[K+].[K+]. The predicted molar refractivity (Wildman–Crippen MR) is 166 cm³/mol. The molecule has 0 radical (unpaired) electrons. The van der Waals surface area contributed by atoms with Gasteiger partial charge in [-0.3, -0.25) is 14.3 Å². The zero-order valence-electron chi connectivity index (χ0n) is 29.1. The van der Waals surface area contributed by atoms with Crippen LogP contribution in [-0.4, -0.2) is 78.7 Å². The first-order valence-electron chi connectivity index (χ1n) is 14.5. The van der Waals surface area contributed by atoms with Crippen molar-refractivity contribution in [1.82, 2.24) is 39.9 Å². The van der Waals surface area contributed by atoms with Crippen LogP contribution in [0.25, 0.3) is 5.82 Å². The molecule has 1 N–H and O–H groups in total. The van der Waals surface area contributed by atoms with Gasteiger partial charge in [0.25, 0.3) is 6.47 Å². The van der Waals surface area contributed by atoms with Crippen LogP contribution in [0.1, 0.15) is 86.3 Å². The molecule has 2 aliphatic carbocycles. The quantitative estimate of drug-likeness (QED) is 0.0423. The molecule has 4 heterocycles. The largest absolute Gasteiger partial charge is 1.00 e. The van der Waals surface area contributed by atoms with E-state index in [2.05, 4.69) is 40.1 Å². The number of carbonyl (C=O) groups is 3. The number of hydrogen-bond acceptors (Lipinski definition) is 13. The van der Waals surface area contributed by atoms with Gasteiger partial charge in [-0.05, 0) is 68.8 Å². The first kappa shape index (κ1) is 46.0. The van der Waals surface area contributed by atoms with Crippen LogP contribution in [0.15, 0.2) is 36.9 Å². The van der Waals surface area contributed by atoms with Crippen molar-refractivity contribution >= 4 is 53.2 Å². The molecule has 256 valence electrons. The third-order valence-corrected chi connectivity index (χ3v) is 6.40. The molecule has 0 amide bonds. The summed E-state index contributed by atoms with van der Waals surface area (Å²) < 4.78 is 27.0. The minimum Gasteiger partial charge on any atom is -1.00 e. The molecule has 2 aliphatic rings. The van der Waals surface area contributed by atoms with E-state index in [9.17, 15) is 14.0 Å². The van der Waals surface area contributed by atoms with Gasteiger partial charge in [0.1, 0.15) is 16.3 Å². The van der Waals surface area contributed by atoms with Crippen molar-refractivity contribution in [2.75, 3.05) is 20.4 Å². The van der Waals surface area contributed by atoms with Crippen molar-refractivity contribution in [2.24, 2.45) is 0 Å². The number of hydrogen-bond donors (Lipinski definition) is 1. The van der Waals surface area contributed by atoms with Crippen LogP contribution in [-0.2, 0) is 19.2 Å². The van der Waals surface area contributed by atoms with Crippen molar-refractivity contribution < 1.29 is 144 Å². The molecular weight excluding hydrogens is 764 g/mol. The molecule has 4 aromatic rings. The molecule has 49 heavy (non-hydrogen) atoms. The van der Waals surface area contributed by atoms with E-state index in [1.54, 1.807) is 49.3 Å². The molecular formula is C28H32Cl3FK2N8O7. The van der Waals surface area contributed by atoms with Crippen molar-refractivity contribution in [3.63, 3.8) is 0 Å². The second-order valence-corrected chi connectivity index (χ2v) is 10.1. The summed E-state index contributed by atoms with van der Waals surface area (Å²) in [5.74, 6) is 0.760. The smallest absolute Gasteiger partial charge is 1.00 e. The number of esters is 2. The average molecular weight is 797 g/mol. The number of aromatic nitrogens is 8. The van der Waals surface area contributed by atoms with Gasteiger partial charge in [-0.15, -0.1) is 0 Å². The summed E-state index contributed by atoms with van der Waals surface area (Å²) in [5, 5.41) is 20.3. The Morgan fingerprint density at radius 2 is 1.55 bits per heavy atom. The molecule has 0 spiro atoms. The maximum Gasteiger partial charge on any atom is 1.00 e. The van der Waals surface area contributed by atoms with Gasteiger partial charge in [-0.1, -0.05) is 11.6 Å². The third-order valence-electron chi connectivity index (χ3n) is 5.83. The molecule has 4 aromatic heterocycles.